The molecule has 0 unspecified atom stereocenters. The molecule has 0 aromatic heterocycles. The summed E-state index contributed by atoms with van der Waals surface area (Å²) in [6.45, 7) is 2.71. The minimum absolute atomic E-state index is 0.00664. The SMILES string of the molecule is CCN(C(=O)C1=NN(c2ccccc2)C(=O)CC1)C1CCCC1. The van der Waals surface area contributed by atoms with Crippen LogP contribution in [-0.4, -0.2) is 35.0 Å². The van der Waals surface area contributed by atoms with Gasteiger partial charge in [-0.2, -0.15) is 5.10 Å². The molecule has 0 atom stereocenters. The van der Waals surface area contributed by atoms with Gasteiger partial charge in [0.25, 0.3) is 5.91 Å². The fourth-order valence-corrected chi connectivity index (χ4v) is 3.43. The molecule has 0 saturated heterocycles. The van der Waals surface area contributed by atoms with Crippen LogP contribution in [0.2, 0.25) is 0 Å². The van der Waals surface area contributed by atoms with Gasteiger partial charge in [-0.1, -0.05) is 31.0 Å². The van der Waals surface area contributed by atoms with E-state index in [1.54, 1.807) is 0 Å². The molecule has 1 fully saturated rings. The Morgan fingerprint density at radius 3 is 2.57 bits per heavy atom. The first-order valence-corrected chi connectivity index (χ1v) is 8.47. The van der Waals surface area contributed by atoms with Crippen molar-refractivity contribution in [1.29, 1.82) is 0 Å². The molecule has 122 valence electrons. The Morgan fingerprint density at radius 2 is 1.91 bits per heavy atom. The monoisotopic (exact) mass is 313 g/mol. The molecule has 5 nitrogen and oxygen atoms in total. The average molecular weight is 313 g/mol. The third-order valence-electron chi connectivity index (χ3n) is 4.65. The molecule has 0 spiro atoms. The standard InChI is InChI=1S/C18H23N3O2/c1-2-20(14-8-6-7-9-14)18(23)16-12-13-17(22)21(19-16)15-10-4-3-5-11-15/h3-5,10-11,14H,2,6-9,12-13H2,1H3. The highest BCUT2D eigenvalue weighted by molar-refractivity contribution is 6.40. The molecule has 1 heterocycles. The molecule has 1 aromatic rings. The van der Waals surface area contributed by atoms with Gasteiger partial charge in [0, 0.05) is 25.4 Å². The Labute approximate surface area is 137 Å². The van der Waals surface area contributed by atoms with Crippen LogP contribution in [0.4, 0.5) is 5.69 Å². The third-order valence-corrected chi connectivity index (χ3v) is 4.65. The van der Waals surface area contributed by atoms with Gasteiger partial charge >= 0.3 is 0 Å². The Hall–Kier alpha value is -2.17. The second-order valence-corrected chi connectivity index (χ2v) is 6.12. The summed E-state index contributed by atoms with van der Waals surface area (Å²) in [5.41, 5.74) is 1.22. The van der Waals surface area contributed by atoms with E-state index in [-0.39, 0.29) is 11.8 Å². The Balaban J connectivity index is 1.83. The number of anilines is 1. The lowest BCUT2D eigenvalue weighted by Gasteiger charge is -2.30. The van der Waals surface area contributed by atoms with Crippen LogP contribution in [0.25, 0.3) is 0 Å². The first-order valence-electron chi connectivity index (χ1n) is 8.47. The maximum Gasteiger partial charge on any atom is 0.270 e. The van der Waals surface area contributed by atoms with E-state index in [0.717, 1.165) is 12.8 Å². The summed E-state index contributed by atoms with van der Waals surface area (Å²) in [6.07, 6.45) is 5.30. The molecule has 1 saturated carbocycles. The van der Waals surface area contributed by atoms with Crippen LogP contribution in [0, 0.1) is 0 Å². The second kappa shape index (κ2) is 6.94. The van der Waals surface area contributed by atoms with E-state index in [4.69, 9.17) is 0 Å². The maximum absolute atomic E-state index is 12.9. The lowest BCUT2D eigenvalue weighted by Crippen LogP contribution is -2.45. The van der Waals surface area contributed by atoms with E-state index in [2.05, 4.69) is 5.10 Å². The van der Waals surface area contributed by atoms with Gasteiger partial charge in [0.2, 0.25) is 5.91 Å². The van der Waals surface area contributed by atoms with Crippen molar-refractivity contribution in [2.24, 2.45) is 5.10 Å². The first-order chi connectivity index (χ1) is 11.2. The van der Waals surface area contributed by atoms with Crippen molar-refractivity contribution < 1.29 is 9.59 Å². The van der Waals surface area contributed by atoms with Crippen LogP contribution in [0.5, 0.6) is 0 Å². The van der Waals surface area contributed by atoms with Crippen LogP contribution in [0.3, 0.4) is 0 Å². The zero-order valence-electron chi connectivity index (χ0n) is 13.6. The highest BCUT2D eigenvalue weighted by Crippen LogP contribution is 2.25. The fourth-order valence-electron chi connectivity index (χ4n) is 3.43. The van der Waals surface area contributed by atoms with E-state index in [1.165, 1.54) is 17.9 Å². The quantitative estimate of drug-likeness (QED) is 0.858. The minimum atomic E-state index is -0.0586. The molecule has 2 aliphatic rings. The lowest BCUT2D eigenvalue weighted by atomic mass is 10.1. The second-order valence-electron chi connectivity index (χ2n) is 6.12. The van der Waals surface area contributed by atoms with E-state index >= 15 is 0 Å². The highest BCUT2D eigenvalue weighted by Gasteiger charge is 2.31. The number of para-hydroxylation sites is 1. The number of amides is 2. The Kier molecular flexibility index (Phi) is 4.74. The van der Waals surface area contributed by atoms with Crippen molar-refractivity contribution >= 4 is 23.2 Å². The van der Waals surface area contributed by atoms with Gasteiger partial charge in [-0.25, -0.2) is 5.01 Å². The predicted molar refractivity (Wildman–Crippen MR) is 90.2 cm³/mol. The molecule has 2 amide bonds. The number of hydrogen-bond donors (Lipinski definition) is 0. The molecule has 3 rings (SSSR count). The number of carbonyl (C=O) groups excluding carboxylic acids is 2. The van der Waals surface area contributed by atoms with Crippen LogP contribution in [-0.2, 0) is 9.59 Å². The summed E-state index contributed by atoms with van der Waals surface area (Å²) >= 11 is 0. The minimum Gasteiger partial charge on any atom is -0.335 e. The molecule has 1 aliphatic carbocycles. The number of hydrogen-bond acceptors (Lipinski definition) is 3. The van der Waals surface area contributed by atoms with Gasteiger partial charge in [0.15, 0.2) is 0 Å². The molecule has 0 radical (unpaired) electrons. The summed E-state index contributed by atoms with van der Waals surface area (Å²) in [6, 6.07) is 9.63. The molecular weight excluding hydrogens is 290 g/mol. The highest BCUT2D eigenvalue weighted by atomic mass is 16.2. The van der Waals surface area contributed by atoms with Crippen molar-refractivity contribution in [3.05, 3.63) is 30.3 Å². The van der Waals surface area contributed by atoms with Crippen molar-refractivity contribution in [3.8, 4) is 0 Å². The number of benzene rings is 1. The Morgan fingerprint density at radius 1 is 1.22 bits per heavy atom. The molecule has 0 N–H and O–H groups in total. The van der Waals surface area contributed by atoms with Gasteiger partial charge in [0.05, 0.1) is 5.69 Å². The molecule has 1 aromatic carbocycles. The largest absolute Gasteiger partial charge is 0.335 e. The zero-order valence-corrected chi connectivity index (χ0v) is 13.6. The fraction of sp³-hybridized carbons (Fsp3) is 0.500. The van der Waals surface area contributed by atoms with Gasteiger partial charge in [-0.15, -0.1) is 0 Å². The van der Waals surface area contributed by atoms with Crippen molar-refractivity contribution in [3.63, 3.8) is 0 Å². The molecule has 5 heteroatoms. The number of carbonyl (C=O) groups is 2. The number of hydrazone groups is 1. The smallest absolute Gasteiger partial charge is 0.270 e. The van der Waals surface area contributed by atoms with Gasteiger partial charge in [-0.3, -0.25) is 9.59 Å². The molecule has 23 heavy (non-hydrogen) atoms. The summed E-state index contributed by atoms with van der Waals surface area (Å²) in [7, 11) is 0. The average Bonchev–Trinajstić information content (AvgIpc) is 3.11. The van der Waals surface area contributed by atoms with Crippen LogP contribution >= 0.6 is 0 Å². The van der Waals surface area contributed by atoms with Crippen LogP contribution in [0.15, 0.2) is 35.4 Å². The summed E-state index contributed by atoms with van der Waals surface area (Å²) in [5, 5.41) is 5.76. The van der Waals surface area contributed by atoms with Crippen LogP contribution < -0.4 is 5.01 Å². The van der Waals surface area contributed by atoms with Crippen molar-refractivity contribution in [2.45, 2.75) is 51.5 Å². The first kappa shape index (κ1) is 15.7. The van der Waals surface area contributed by atoms with E-state index < -0.39 is 0 Å². The third kappa shape index (κ3) is 3.28. The zero-order chi connectivity index (χ0) is 16.2. The van der Waals surface area contributed by atoms with E-state index in [1.807, 2.05) is 42.2 Å². The molecular formula is C18H23N3O2. The Bertz CT molecular complexity index is 606. The summed E-state index contributed by atoms with van der Waals surface area (Å²) in [4.78, 5) is 26.9. The van der Waals surface area contributed by atoms with Gasteiger partial charge < -0.3 is 4.90 Å². The van der Waals surface area contributed by atoms with Gasteiger partial charge in [0.1, 0.15) is 5.71 Å². The van der Waals surface area contributed by atoms with E-state index in [9.17, 15) is 9.59 Å². The van der Waals surface area contributed by atoms with Crippen molar-refractivity contribution in [1.82, 2.24) is 4.90 Å². The topological polar surface area (TPSA) is 53.0 Å². The number of rotatable bonds is 4. The van der Waals surface area contributed by atoms with E-state index in [0.29, 0.717) is 36.8 Å². The predicted octanol–water partition coefficient (Wildman–Crippen LogP) is 2.96. The van der Waals surface area contributed by atoms with Gasteiger partial charge in [-0.05, 0) is 31.9 Å². The molecule has 1 aliphatic heterocycles. The summed E-state index contributed by atoms with van der Waals surface area (Å²) in [5.74, 6) is -0.0653. The number of nitrogens with zero attached hydrogens (tertiary/aromatic N) is 3. The van der Waals surface area contributed by atoms with Crippen LogP contribution in [0.1, 0.15) is 45.4 Å². The van der Waals surface area contributed by atoms with Crippen molar-refractivity contribution in [2.75, 3.05) is 11.6 Å². The normalized spacial score (nSPS) is 18.9. The lowest BCUT2D eigenvalue weighted by molar-refractivity contribution is -0.126. The maximum atomic E-state index is 12.9. The molecule has 0 bridgehead atoms. The summed E-state index contributed by atoms with van der Waals surface area (Å²) < 4.78 is 0.